The molecule has 0 aromatic carbocycles. The minimum Gasteiger partial charge on any atom is -0.383 e. The number of nitrogens with one attached hydrogen (secondary N) is 1. The van der Waals surface area contributed by atoms with Gasteiger partial charge >= 0.3 is 0 Å². The number of pyridine rings is 1. The average molecular weight is 343 g/mol. The molecule has 1 aliphatic heterocycles. The topological polar surface area (TPSA) is 40.6 Å². The number of methoxy groups -OCH3 is 1. The molecule has 1 aromatic rings. The van der Waals surface area contributed by atoms with E-state index in [0.29, 0.717) is 6.04 Å². The number of likely N-dealkylation sites (N-methyl/N-ethyl adjacent to an activating group) is 1. The van der Waals surface area contributed by atoms with E-state index in [2.05, 4.69) is 46.2 Å². The van der Waals surface area contributed by atoms with Gasteiger partial charge in [-0.15, -0.1) is 12.4 Å². The zero-order chi connectivity index (χ0) is 15.8. The summed E-state index contributed by atoms with van der Waals surface area (Å²) in [6, 6.07) is 4.97. The van der Waals surface area contributed by atoms with Crippen molar-refractivity contribution in [2.45, 2.75) is 32.4 Å². The van der Waals surface area contributed by atoms with Gasteiger partial charge in [-0.25, -0.2) is 4.98 Å². The minimum absolute atomic E-state index is 0. The first kappa shape index (κ1) is 20.2. The lowest BCUT2D eigenvalue weighted by molar-refractivity contribution is 0.144. The molecule has 1 fully saturated rings. The number of ether oxygens (including phenoxy) is 1. The smallest absolute Gasteiger partial charge is 0.128 e. The molecule has 1 aliphatic rings. The molecule has 2 heterocycles. The predicted octanol–water partition coefficient (Wildman–Crippen LogP) is 2.16. The molecule has 0 aliphatic carbocycles. The van der Waals surface area contributed by atoms with Crippen molar-refractivity contribution in [1.29, 1.82) is 0 Å². The number of anilines is 1. The second-order valence-corrected chi connectivity index (χ2v) is 6.06. The van der Waals surface area contributed by atoms with Gasteiger partial charge in [-0.3, -0.25) is 4.90 Å². The van der Waals surface area contributed by atoms with Gasteiger partial charge in [-0.05, 0) is 18.1 Å². The zero-order valence-corrected chi connectivity index (χ0v) is 15.4. The molecule has 132 valence electrons. The minimum atomic E-state index is 0. The Kier molecular flexibility index (Phi) is 9.48. The van der Waals surface area contributed by atoms with E-state index in [1.54, 1.807) is 7.11 Å². The van der Waals surface area contributed by atoms with Crippen molar-refractivity contribution in [3.05, 3.63) is 23.9 Å². The summed E-state index contributed by atoms with van der Waals surface area (Å²) in [6.07, 6.45) is 4.52. The van der Waals surface area contributed by atoms with Crippen LogP contribution in [0.3, 0.4) is 0 Å². The Labute approximate surface area is 146 Å². The highest BCUT2D eigenvalue weighted by atomic mass is 35.5. The number of nitrogens with zero attached hydrogens (tertiary/aromatic N) is 3. The van der Waals surface area contributed by atoms with Crippen molar-refractivity contribution in [3.63, 3.8) is 0 Å². The summed E-state index contributed by atoms with van der Waals surface area (Å²) in [5.74, 6) is 1.01. The third-order valence-corrected chi connectivity index (χ3v) is 4.31. The molecule has 1 saturated heterocycles. The molecular formula is C17H31ClN4O. The van der Waals surface area contributed by atoms with Crippen LogP contribution in [0.5, 0.6) is 0 Å². The maximum Gasteiger partial charge on any atom is 0.128 e. The maximum atomic E-state index is 5.11. The first-order chi connectivity index (χ1) is 10.7. The monoisotopic (exact) mass is 342 g/mol. The second-order valence-electron chi connectivity index (χ2n) is 6.06. The highest BCUT2D eigenvalue weighted by Gasteiger charge is 2.21. The van der Waals surface area contributed by atoms with E-state index in [0.717, 1.165) is 45.1 Å². The molecule has 0 spiro atoms. The summed E-state index contributed by atoms with van der Waals surface area (Å²) in [5, 5.41) is 3.50. The van der Waals surface area contributed by atoms with Crippen molar-refractivity contribution in [1.82, 2.24) is 15.2 Å². The summed E-state index contributed by atoms with van der Waals surface area (Å²) in [6.45, 7) is 8.17. The number of halogens is 1. The van der Waals surface area contributed by atoms with Crippen molar-refractivity contribution in [2.24, 2.45) is 0 Å². The van der Waals surface area contributed by atoms with E-state index >= 15 is 0 Å². The van der Waals surface area contributed by atoms with Gasteiger partial charge in [-0.1, -0.05) is 19.4 Å². The number of piperazine rings is 1. The van der Waals surface area contributed by atoms with Crippen LogP contribution in [0.15, 0.2) is 18.3 Å². The van der Waals surface area contributed by atoms with Gasteiger partial charge < -0.3 is 15.0 Å². The quantitative estimate of drug-likeness (QED) is 0.784. The van der Waals surface area contributed by atoms with Crippen molar-refractivity contribution in [2.75, 3.05) is 51.8 Å². The van der Waals surface area contributed by atoms with Crippen LogP contribution in [0.2, 0.25) is 0 Å². The molecule has 0 saturated carbocycles. The first-order valence-electron chi connectivity index (χ1n) is 8.34. The molecule has 23 heavy (non-hydrogen) atoms. The average Bonchev–Trinajstić information content (AvgIpc) is 2.55. The molecule has 0 bridgehead atoms. The Hall–Kier alpha value is -0.880. The Balaban J connectivity index is 0.00000264. The molecule has 0 amide bonds. The van der Waals surface area contributed by atoms with Gasteiger partial charge in [0, 0.05) is 59.1 Å². The molecule has 5 nitrogen and oxygen atoms in total. The highest BCUT2D eigenvalue weighted by molar-refractivity contribution is 5.85. The lowest BCUT2D eigenvalue weighted by Crippen LogP contribution is -2.50. The normalized spacial score (nSPS) is 18.5. The van der Waals surface area contributed by atoms with Gasteiger partial charge in [0.1, 0.15) is 5.82 Å². The summed E-state index contributed by atoms with van der Waals surface area (Å²) < 4.78 is 5.11. The summed E-state index contributed by atoms with van der Waals surface area (Å²) >= 11 is 0. The molecule has 2 rings (SSSR count). The van der Waals surface area contributed by atoms with E-state index in [9.17, 15) is 0 Å². The molecule has 6 heteroatoms. The SMILES string of the molecule is CCCC1CNCCN1Cc1ccc(N(C)CCOC)nc1.Cl. The van der Waals surface area contributed by atoms with Crippen LogP contribution >= 0.6 is 12.4 Å². The largest absolute Gasteiger partial charge is 0.383 e. The van der Waals surface area contributed by atoms with Gasteiger partial charge in [0.15, 0.2) is 0 Å². The van der Waals surface area contributed by atoms with Gasteiger partial charge in [0.05, 0.1) is 6.61 Å². The van der Waals surface area contributed by atoms with Crippen LogP contribution in [-0.4, -0.2) is 62.9 Å². The summed E-state index contributed by atoms with van der Waals surface area (Å²) in [7, 11) is 3.78. The van der Waals surface area contributed by atoms with Gasteiger partial charge in [0.2, 0.25) is 0 Å². The fraction of sp³-hybridized carbons (Fsp3) is 0.706. The van der Waals surface area contributed by atoms with E-state index in [1.807, 2.05) is 6.20 Å². The maximum absolute atomic E-state index is 5.11. The van der Waals surface area contributed by atoms with Crippen molar-refractivity contribution in [3.8, 4) is 0 Å². The van der Waals surface area contributed by atoms with E-state index in [-0.39, 0.29) is 12.4 Å². The zero-order valence-electron chi connectivity index (χ0n) is 14.6. The molecule has 1 unspecified atom stereocenters. The van der Waals surface area contributed by atoms with Crippen molar-refractivity contribution >= 4 is 18.2 Å². The van der Waals surface area contributed by atoms with Crippen LogP contribution in [0.4, 0.5) is 5.82 Å². The van der Waals surface area contributed by atoms with Crippen LogP contribution in [-0.2, 0) is 11.3 Å². The fourth-order valence-electron chi connectivity index (χ4n) is 2.94. The molecular weight excluding hydrogens is 312 g/mol. The highest BCUT2D eigenvalue weighted by Crippen LogP contribution is 2.15. The standard InChI is InChI=1S/C17H30N4O.ClH/c1-4-5-16-13-18-8-9-21(16)14-15-6-7-17(19-12-15)20(2)10-11-22-3;/h6-7,12,16,18H,4-5,8-11,13-14H2,1-3H3;1H. The van der Waals surface area contributed by atoms with Crippen LogP contribution in [0.25, 0.3) is 0 Å². The molecule has 1 aromatic heterocycles. The molecule has 1 N–H and O–H groups in total. The fourth-order valence-corrected chi connectivity index (χ4v) is 2.94. The van der Waals surface area contributed by atoms with Crippen LogP contribution in [0, 0.1) is 0 Å². The van der Waals surface area contributed by atoms with Crippen molar-refractivity contribution < 1.29 is 4.74 Å². The lowest BCUT2D eigenvalue weighted by Gasteiger charge is -2.36. The summed E-state index contributed by atoms with van der Waals surface area (Å²) in [5.41, 5.74) is 1.30. The van der Waals surface area contributed by atoms with Crippen LogP contribution < -0.4 is 10.2 Å². The summed E-state index contributed by atoms with van der Waals surface area (Å²) in [4.78, 5) is 9.31. The van der Waals surface area contributed by atoms with E-state index < -0.39 is 0 Å². The third kappa shape index (κ3) is 6.26. The number of hydrogen-bond acceptors (Lipinski definition) is 5. The molecule has 1 atom stereocenters. The second kappa shape index (κ2) is 10.8. The predicted molar refractivity (Wildman–Crippen MR) is 98.6 cm³/mol. The lowest BCUT2D eigenvalue weighted by atomic mass is 10.1. The van der Waals surface area contributed by atoms with Gasteiger partial charge in [-0.2, -0.15) is 0 Å². The van der Waals surface area contributed by atoms with Gasteiger partial charge in [0.25, 0.3) is 0 Å². The van der Waals surface area contributed by atoms with E-state index in [4.69, 9.17) is 4.74 Å². The number of aromatic nitrogens is 1. The van der Waals surface area contributed by atoms with Crippen LogP contribution in [0.1, 0.15) is 25.3 Å². The Bertz CT molecular complexity index is 427. The Morgan fingerprint density at radius 3 is 2.91 bits per heavy atom. The third-order valence-electron chi connectivity index (χ3n) is 4.31. The van der Waals surface area contributed by atoms with E-state index in [1.165, 1.54) is 18.4 Å². The Morgan fingerprint density at radius 2 is 2.26 bits per heavy atom. The number of hydrogen-bond donors (Lipinski definition) is 1. The Morgan fingerprint density at radius 1 is 1.43 bits per heavy atom. The first-order valence-corrected chi connectivity index (χ1v) is 8.34. The molecule has 0 radical (unpaired) electrons. The number of rotatable bonds is 8.